The van der Waals surface area contributed by atoms with Gasteiger partial charge in [-0.15, -0.1) is 0 Å². The van der Waals surface area contributed by atoms with E-state index in [0.29, 0.717) is 28.9 Å². The zero-order chi connectivity index (χ0) is 16.4. The summed E-state index contributed by atoms with van der Waals surface area (Å²) in [6.45, 7) is 4.17. The normalized spacial score (nSPS) is 10.7. The number of hydrogen-bond acceptors (Lipinski definition) is 6. The molecule has 23 heavy (non-hydrogen) atoms. The Hall–Kier alpha value is -2.77. The van der Waals surface area contributed by atoms with E-state index >= 15 is 0 Å². The minimum Gasteiger partial charge on any atom is -0.386 e. The van der Waals surface area contributed by atoms with E-state index < -0.39 is 0 Å². The molecule has 0 amide bonds. The smallest absolute Gasteiger partial charge is 0.158 e. The SMILES string of the molecule is C=C(N)NCc1cc2cc(Cl)c(-c3cnc(NN)cn3)cc2[nH]1. The Labute approximate surface area is 137 Å². The second-order valence-corrected chi connectivity index (χ2v) is 5.43. The van der Waals surface area contributed by atoms with Gasteiger partial charge in [-0.25, -0.2) is 10.8 Å². The molecule has 0 radical (unpaired) electrons. The lowest BCUT2D eigenvalue weighted by Crippen LogP contribution is -2.18. The summed E-state index contributed by atoms with van der Waals surface area (Å²) in [5.74, 6) is 6.20. The summed E-state index contributed by atoms with van der Waals surface area (Å²) in [6, 6.07) is 5.84. The second-order valence-electron chi connectivity index (χ2n) is 5.02. The lowest BCUT2D eigenvalue weighted by atomic mass is 10.1. The van der Waals surface area contributed by atoms with E-state index in [1.165, 1.54) is 0 Å². The van der Waals surface area contributed by atoms with Gasteiger partial charge in [-0.05, 0) is 18.2 Å². The summed E-state index contributed by atoms with van der Waals surface area (Å²) < 4.78 is 0. The van der Waals surface area contributed by atoms with Crippen molar-refractivity contribution in [1.82, 2.24) is 20.3 Å². The standard InChI is InChI=1S/C15H16ClN7/c1-8(17)19-5-10-2-9-3-12(16)11(4-13(9)22-10)14-6-21-15(23-18)7-20-14/h2-4,6-7,19,22H,1,5,17-18H2,(H,21,23). The Kier molecular flexibility index (Phi) is 4.05. The van der Waals surface area contributed by atoms with Crippen LogP contribution in [0.15, 0.2) is 43.0 Å². The number of hydrazine groups is 1. The van der Waals surface area contributed by atoms with Crippen molar-refractivity contribution in [1.29, 1.82) is 0 Å². The van der Waals surface area contributed by atoms with Gasteiger partial charge in [0.15, 0.2) is 5.82 Å². The number of nitrogens with zero attached hydrogens (tertiary/aromatic N) is 2. The van der Waals surface area contributed by atoms with Crippen molar-refractivity contribution in [3.63, 3.8) is 0 Å². The molecule has 2 aromatic heterocycles. The average Bonchev–Trinajstić information content (AvgIpc) is 2.94. The molecular formula is C15H16ClN7. The molecule has 0 atom stereocenters. The fourth-order valence-electron chi connectivity index (χ4n) is 2.26. The van der Waals surface area contributed by atoms with Crippen LogP contribution in [-0.4, -0.2) is 15.0 Å². The summed E-state index contributed by atoms with van der Waals surface area (Å²) in [7, 11) is 0. The van der Waals surface area contributed by atoms with Crippen LogP contribution in [0.4, 0.5) is 5.82 Å². The Morgan fingerprint density at radius 2 is 2.09 bits per heavy atom. The molecule has 3 rings (SSSR count). The number of halogens is 1. The summed E-state index contributed by atoms with van der Waals surface area (Å²) in [4.78, 5) is 11.8. The van der Waals surface area contributed by atoms with Crippen LogP contribution < -0.4 is 22.3 Å². The molecular weight excluding hydrogens is 314 g/mol. The van der Waals surface area contributed by atoms with Crippen LogP contribution in [0.1, 0.15) is 5.69 Å². The monoisotopic (exact) mass is 329 g/mol. The number of nitrogens with one attached hydrogen (secondary N) is 3. The van der Waals surface area contributed by atoms with Crippen LogP contribution in [0.5, 0.6) is 0 Å². The first-order valence-electron chi connectivity index (χ1n) is 6.85. The van der Waals surface area contributed by atoms with Gasteiger partial charge < -0.3 is 21.5 Å². The molecule has 0 bridgehead atoms. The fraction of sp³-hybridized carbons (Fsp3) is 0.0667. The third kappa shape index (κ3) is 3.20. The lowest BCUT2D eigenvalue weighted by molar-refractivity contribution is 0.788. The van der Waals surface area contributed by atoms with Crippen LogP contribution in [-0.2, 0) is 6.54 Å². The van der Waals surface area contributed by atoms with E-state index in [9.17, 15) is 0 Å². The summed E-state index contributed by atoms with van der Waals surface area (Å²) >= 11 is 6.38. The zero-order valence-electron chi connectivity index (χ0n) is 12.2. The van der Waals surface area contributed by atoms with Crippen molar-refractivity contribution in [3.05, 3.63) is 53.7 Å². The molecule has 0 unspecified atom stereocenters. The van der Waals surface area contributed by atoms with Crippen molar-refractivity contribution in [2.45, 2.75) is 6.54 Å². The van der Waals surface area contributed by atoms with Crippen LogP contribution in [0, 0.1) is 0 Å². The van der Waals surface area contributed by atoms with Gasteiger partial charge in [0.1, 0.15) is 0 Å². The highest BCUT2D eigenvalue weighted by atomic mass is 35.5. The third-order valence-corrected chi connectivity index (χ3v) is 3.66. The maximum Gasteiger partial charge on any atom is 0.158 e. The Morgan fingerprint density at radius 1 is 1.26 bits per heavy atom. The zero-order valence-corrected chi connectivity index (χ0v) is 13.0. The molecule has 2 heterocycles. The molecule has 0 aliphatic heterocycles. The molecule has 8 heteroatoms. The first kappa shape index (κ1) is 15.1. The molecule has 0 fully saturated rings. The van der Waals surface area contributed by atoms with Gasteiger partial charge in [0, 0.05) is 22.2 Å². The van der Waals surface area contributed by atoms with Crippen molar-refractivity contribution in [3.8, 4) is 11.3 Å². The molecule has 118 valence electrons. The number of nitrogen functional groups attached to an aromatic ring is 1. The van der Waals surface area contributed by atoms with Crippen molar-refractivity contribution in [2.24, 2.45) is 11.6 Å². The van der Waals surface area contributed by atoms with Gasteiger partial charge >= 0.3 is 0 Å². The Bertz CT molecular complexity index is 854. The van der Waals surface area contributed by atoms with Gasteiger partial charge in [-0.1, -0.05) is 18.2 Å². The third-order valence-electron chi connectivity index (χ3n) is 3.35. The predicted octanol–water partition coefficient (Wildman–Crippen LogP) is 2.08. The molecule has 0 aliphatic rings. The predicted molar refractivity (Wildman–Crippen MR) is 92.3 cm³/mol. The highest BCUT2D eigenvalue weighted by molar-refractivity contribution is 6.34. The molecule has 0 spiro atoms. The first-order valence-corrected chi connectivity index (χ1v) is 7.23. The van der Waals surface area contributed by atoms with Crippen LogP contribution in [0.25, 0.3) is 22.2 Å². The van der Waals surface area contributed by atoms with Crippen LogP contribution in [0.3, 0.4) is 0 Å². The molecule has 7 N–H and O–H groups in total. The molecule has 3 aromatic rings. The summed E-state index contributed by atoms with van der Waals surface area (Å²) in [6.07, 6.45) is 3.17. The van der Waals surface area contributed by atoms with Crippen molar-refractivity contribution in [2.75, 3.05) is 5.43 Å². The Morgan fingerprint density at radius 3 is 2.74 bits per heavy atom. The van der Waals surface area contributed by atoms with Crippen LogP contribution >= 0.6 is 11.6 Å². The number of fused-ring (bicyclic) bond motifs is 1. The Balaban J connectivity index is 1.97. The molecule has 0 saturated heterocycles. The number of rotatable bonds is 5. The number of H-pyrrole nitrogens is 1. The maximum absolute atomic E-state index is 6.38. The van der Waals surface area contributed by atoms with Gasteiger partial charge in [0.25, 0.3) is 0 Å². The minimum atomic E-state index is 0.422. The van der Waals surface area contributed by atoms with Gasteiger partial charge in [-0.3, -0.25) is 4.98 Å². The number of hydrogen-bond donors (Lipinski definition) is 5. The van der Waals surface area contributed by atoms with Gasteiger partial charge in [-0.2, -0.15) is 0 Å². The van der Waals surface area contributed by atoms with Crippen molar-refractivity contribution >= 4 is 28.3 Å². The maximum atomic E-state index is 6.38. The van der Waals surface area contributed by atoms with Gasteiger partial charge in [0.2, 0.25) is 0 Å². The summed E-state index contributed by atoms with van der Waals surface area (Å²) in [5.41, 5.74) is 11.3. The van der Waals surface area contributed by atoms with E-state index in [2.05, 4.69) is 32.3 Å². The topological polar surface area (TPSA) is 118 Å². The average molecular weight is 330 g/mol. The largest absolute Gasteiger partial charge is 0.386 e. The van der Waals surface area contributed by atoms with E-state index in [0.717, 1.165) is 22.2 Å². The van der Waals surface area contributed by atoms with E-state index in [1.54, 1.807) is 12.4 Å². The van der Waals surface area contributed by atoms with E-state index in [1.807, 2.05) is 18.2 Å². The number of aromatic amines is 1. The number of anilines is 1. The highest BCUT2D eigenvalue weighted by Gasteiger charge is 2.10. The molecule has 0 saturated carbocycles. The molecule has 0 aliphatic carbocycles. The summed E-state index contributed by atoms with van der Waals surface area (Å²) in [5, 5.41) is 4.58. The van der Waals surface area contributed by atoms with Gasteiger partial charge in [0.05, 0.1) is 35.5 Å². The van der Waals surface area contributed by atoms with Crippen molar-refractivity contribution < 1.29 is 0 Å². The van der Waals surface area contributed by atoms with E-state index in [-0.39, 0.29) is 0 Å². The molecule has 1 aromatic carbocycles. The number of nitrogens with two attached hydrogens (primary N) is 2. The minimum absolute atomic E-state index is 0.422. The van der Waals surface area contributed by atoms with Crippen LogP contribution in [0.2, 0.25) is 5.02 Å². The van der Waals surface area contributed by atoms with E-state index in [4.69, 9.17) is 23.2 Å². The molecule has 7 nitrogen and oxygen atoms in total. The number of aromatic nitrogens is 3. The fourth-order valence-corrected chi connectivity index (χ4v) is 2.52. The lowest BCUT2D eigenvalue weighted by Gasteiger charge is -2.05. The quantitative estimate of drug-likeness (QED) is 0.361. The highest BCUT2D eigenvalue weighted by Crippen LogP contribution is 2.31. The first-order chi connectivity index (χ1) is 11.1. The second kappa shape index (κ2) is 6.15. The number of benzene rings is 1.